The standard InChI is InChI=1S/C21H26N4O2/c1-3-23(4-2)14-15-24-20-12-11-18(25(26)27)16-19(20)22-21(24)13-10-17-8-6-5-7-9-17/h5-9,11-12,16H,3-4,10,13-15H2,1-2H3. The first-order chi connectivity index (χ1) is 13.1. The SMILES string of the molecule is CCN(CC)CCn1c(CCc2ccccc2)nc2cc([N+](=O)[O-])ccc21. The second kappa shape index (κ2) is 8.77. The highest BCUT2D eigenvalue weighted by Crippen LogP contribution is 2.23. The summed E-state index contributed by atoms with van der Waals surface area (Å²) in [6.07, 6.45) is 1.71. The Morgan fingerprint density at radius 3 is 2.48 bits per heavy atom. The lowest BCUT2D eigenvalue weighted by Gasteiger charge is -2.19. The van der Waals surface area contributed by atoms with Crippen LogP contribution in [0.2, 0.25) is 0 Å². The van der Waals surface area contributed by atoms with Crippen LogP contribution in [0.1, 0.15) is 25.2 Å². The van der Waals surface area contributed by atoms with Gasteiger partial charge in [0.25, 0.3) is 5.69 Å². The molecule has 1 aromatic heterocycles. The Bertz CT molecular complexity index is 901. The van der Waals surface area contributed by atoms with Gasteiger partial charge < -0.3 is 9.47 Å². The number of nitro groups is 1. The Morgan fingerprint density at radius 2 is 1.81 bits per heavy atom. The zero-order valence-electron chi connectivity index (χ0n) is 16.0. The maximum atomic E-state index is 11.1. The van der Waals surface area contributed by atoms with Crippen molar-refractivity contribution in [3.8, 4) is 0 Å². The summed E-state index contributed by atoms with van der Waals surface area (Å²) in [6, 6.07) is 15.3. The third-order valence-corrected chi connectivity index (χ3v) is 5.04. The van der Waals surface area contributed by atoms with E-state index in [-0.39, 0.29) is 10.6 Å². The number of hydrogen-bond donors (Lipinski definition) is 0. The van der Waals surface area contributed by atoms with Crippen LogP contribution in [0.25, 0.3) is 11.0 Å². The zero-order valence-corrected chi connectivity index (χ0v) is 16.0. The minimum Gasteiger partial charge on any atom is -0.327 e. The molecule has 0 aliphatic rings. The summed E-state index contributed by atoms with van der Waals surface area (Å²) < 4.78 is 2.22. The van der Waals surface area contributed by atoms with Crippen LogP contribution in [0.4, 0.5) is 5.69 Å². The fourth-order valence-corrected chi connectivity index (χ4v) is 3.40. The number of aryl methyl sites for hydroxylation is 2. The molecule has 0 saturated carbocycles. The summed E-state index contributed by atoms with van der Waals surface area (Å²) in [7, 11) is 0. The number of likely N-dealkylation sites (N-methyl/N-ethyl adjacent to an activating group) is 1. The minimum atomic E-state index is -0.363. The van der Waals surface area contributed by atoms with E-state index in [1.807, 2.05) is 24.3 Å². The summed E-state index contributed by atoms with van der Waals surface area (Å²) in [5, 5.41) is 11.1. The summed E-state index contributed by atoms with van der Waals surface area (Å²) in [5.74, 6) is 0.988. The molecule has 0 saturated heterocycles. The molecule has 0 radical (unpaired) electrons. The normalized spacial score (nSPS) is 11.4. The van der Waals surface area contributed by atoms with E-state index in [0.29, 0.717) is 5.52 Å². The molecule has 0 bridgehead atoms. The van der Waals surface area contributed by atoms with Crippen molar-refractivity contribution in [3.05, 3.63) is 70.0 Å². The molecule has 1 heterocycles. The van der Waals surface area contributed by atoms with Crippen LogP contribution in [-0.4, -0.2) is 39.0 Å². The number of nitro benzene ring substituents is 1. The topological polar surface area (TPSA) is 64.2 Å². The predicted octanol–water partition coefficient (Wildman–Crippen LogP) is 4.07. The molecule has 0 fully saturated rings. The van der Waals surface area contributed by atoms with Crippen molar-refractivity contribution in [2.75, 3.05) is 19.6 Å². The van der Waals surface area contributed by atoms with Gasteiger partial charge in [0.05, 0.1) is 16.0 Å². The Morgan fingerprint density at radius 1 is 1.07 bits per heavy atom. The molecule has 2 aromatic carbocycles. The highest BCUT2D eigenvalue weighted by molar-refractivity contribution is 5.78. The number of benzene rings is 2. The first-order valence-electron chi connectivity index (χ1n) is 9.52. The number of non-ortho nitro benzene ring substituents is 1. The van der Waals surface area contributed by atoms with Crippen LogP contribution in [0.5, 0.6) is 0 Å². The smallest absolute Gasteiger partial charge is 0.271 e. The molecule has 0 spiro atoms. The number of hydrogen-bond acceptors (Lipinski definition) is 4. The highest BCUT2D eigenvalue weighted by Gasteiger charge is 2.15. The molecule has 142 valence electrons. The molecule has 0 amide bonds. The number of fused-ring (bicyclic) bond motifs is 1. The number of aromatic nitrogens is 2. The molecule has 0 atom stereocenters. The number of rotatable bonds is 9. The lowest BCUT2D eigenvalue weighted by atomic mass is 10.1. The van der Waals surface area contributed by atoms with Crippen molar-refractivity contribution in [1.82, 2.24) is 14.5 Å². The van der Waals surface area contributed by atoms with Gasteiger partial charge in [-0.2, -0.15) is 0 Å². The number of nitrogens with zero attached hydrogens (tertiary/aromatic N) is 4. The van der Waals surface area contributed by atoms with E-state index < -0.39 is 0 Å². The Labute approximate surface area is 159 Å². The summed E-state index contributed by atoms with van der Waals surface area (Å²) in [4.78, 5) is 17.9. The third kappa shape index (κ3) is 4.52. The minimum absolute atomic E-state index is 0.0884. The molecular weight excluding hydrogens is 340 g/mol. The molecule has 3 rings (SSSR count). The quantitative estimate of drug-likeness (QED) is 0.423. The van der Waals surface area contributed by atoms with Crippen molar-refractivity contribution in [2.45, 2.75) is 33.2 Å². The van der Waals surface area contributed by atoms with Crippen LogP contribution in [-0.2, 0) is 19.4 Å². The first kappa shape index (κ1) is 19.0. The summed E-state index contributed by atoms with van der Waals surface area (Å²) in [6.45, 7) is 8.11. The Hall–Kier alpha value is -2.73. The van der Waals surface area contributed by atoms with Crippen molar-refractivity contribution in [3.63, 3.8) is 0 Å². The summed E-state index contributed by atoms with van der Waals surface area (Å²) in [5.41, 5.74) is 3.03. The van der Waals surface area contributed by atoms with Crippen molar-refractivity contribution < 1.29 is 4.92 Å². The molecule has 6 heteroatoms. The molecule has 0 aliphatic heterocycles. The molecule has 27 heavy (non-hydrogen) atoms. The lowest BCUT2D eigenvalue weighted by Crippen LogP contribution is -2.27. The average Bonchev–Trinajstić information content (AvgIpc) is 3.04. The fourth-order valence-electron chi connectivity index (χ4n) is 3.40. The van der Waals surface area contributed by atoms with E-state index in [1.54, 1.807) is 12.1 Å². The largest absolute Gasteiger partial charge is 0.327 e. The van der Waals surface area contributed by atoms with Gasteiger partial charge in [-0.3, -0.25) is 10.1 Å². The van der Waals surface area contributed by atoms with Gasteiger partial charge in [0.2, 0.25) is 0 Å². The Balaban J connectivity index is 1.90. The van der Waals surface area contributed by atoms with Crippen LogP contribution in [0.15, 0.2) is 48.5 Å². The van der Waals surface area contributed by atoms with Gasteiger partial charge in [0, 0.05) is 31.6 Å². The van der Waals surface area contributed by atoms with E-state index in [0.717, 1.165) is 50.4 Å². The van der Waals surface area contributed by atoms with E-state index in [2.05, 4.69) is 35.4 Å². The molecule has 6 nitrogen and oxygen atoms in total. The van der Waals surface area contributed by atoms with Gasteiger partial charge in [0.15, 0.2) is 0 Å². The molecule has 0 unspecified atom stereocenters. The van der Waals surface area contributed by atoms with Crippen LogP contribution >= 0.6 is 0 Å². The van der Waals surface area contributed by atoms with Gasteiger partial charge in [-0.05, 0) is 31.1 Å². The predicted molar refractivity (Wildman–Crippen MR) is 108 cm³/mol. The first-order valence-corrected chi connectivity index (χ1v) is 9.52. The molecule has 3 aromatic rings. The van der Waals surface area contributed by atoms with Crippen LogP contribution < -0.4 is 0 Å². The molecule has 0 N–H and O–H groups in total. The van der Waals surface area contributed by atoms with E-state index >= 15 is 0 Å². The van der Waals surface area contributed by atoms with Crippen molar-refractivity contribution in [1.29, 1.82) is 0 Å². The van der Waals surface area contributed by atoms with E-state index in [1.165, 1.54) is 5.56 Å². The maximum Gasteiger partial charge on any atom is 0.271 e. The van der Waals surface area contributed by atoms with Crippen LogP contribution in [0.3, 0.4) is 0 Å². The van der Waals surface area contributed by atoms with Crippen molar-refractivity contribution in [2.24, 2.45) is 0 Å². The highest BCUT2D eigenvalue weighted by atomic mass is 16.6. The molecule has 0 aliphatic carbocycles. The van der Waals surface area contributed by atoms with Crippen molar-refractivity contribution >= 4 is 16.7 Å². The van der Waals surface area contributed by atoms with Gasteiger partial charge in [0.1, 0.15) is 5.82 Å². The van der Waals surface area contributed by atoms with Gasteiger partial charge >= 0.3 is 0 Å². The fraction of sp³-hybridized carbons (Fsp3) is 0.381. The third-order valence-electron chi connectivity index (χ3n) is 5.04. The van der Waals surface area contributed by atoms with E-state index in [9.17, 15) is 10.1 Å². The lowest BCUT2D eigenvalue weighted by molar-refractivity contribution is -0.384. The van der Waals surface area contributed by atoms with Gasteiger partial charge in [-0.15, -0.1) is 0 Å². The van der Waals surface area contributed by atoms with E-state index in [4.69, 9.17) is 4.98 Å². The van der Waals surface area contributed by atoms with Crippen LogP contribution in [0, 0.1) is 10.1 Å². The van der Waals surface area contributed by atoms with Gasteiger partial charge in [-0.1, -0.05) is 44.2 Å². The van der Waals surface area contributed by atoms with Gasteiger partial charge in [-0.25, -0.2) is 4.98 Å². The summed E-state index contributed by atoms with van der Waals surface area (Å²) >= 11 is 0. The monoisotopic (exact) mass is 366 g/mol. The number of imidazole rings is 1. The zero-order chi connectivity index (χ0) is 19.2. The average molecular weight is 366 g/mol. The molecular formula is C21H26N4O2. The second-order valence-corrected chi connectivity index (χ2v) is 6.62. The maximum absolute atomic E-state index is 11.1. The second-order valence-electron chi connectivity index (χ2n) is 6.62. The Kier molecular flexibility index (Phi) is 6.19.